The summed E-state index contributed by atoms with van der Waals surface area (Å²) in [7, 11) is 0. The van der Waals surface area contributed by atoms with Gasteiger partial charge >= 0.3 is 6.03 Å². The molecule has 0 saturated carbocycles. The van der Waals surface area contributed by atoms with E-state index in [-0.39, 0.29) is 6.03 Å². The van der Waals surface area contributed by atoms with E-state index in [1.165, 1.54) is 6.33 Å². The van der Waals surface area contributed by atoms with Gasteiger partial charge in [0.15, 0.2) is 0 Å². The molecule has 0 atom stereocenters. The fourth-order valence-electron chi connectivity index (χ4n) is 3.70. The number of benzene rings is 2. The lowest BCUT2D eigenvalue weighted by molar-refractivity contribution is 0.262. The Kier molecular flexibility index (Phi) is 6.07. The topological polar surface area (TPSA) is 106 Å². The van der Waals surface area contributed by atoms with Crippen molar-refractivity contribution >= 4 is 56.4 Å². The van der Waals surface area contributed by atoms with Crippen molar-refractivity contribution in [3.63, 3.8) is 0 Å². The van der Waals surface area contributed by atoms with Crippen LogP contribution in [0.2, 0.25) is 5.02 Å². The molecule has 0 aliphatic heterocycles. The molecule has 7 nitrogen and oxygen atoms in total. The zero-order valence-corrected chi connectivity index (χ0v) is 19.4. The predicted octanol–water partition coefficient (Wildman–Crippen LogP) is 6.22. The highest BCUT2D eigenvalue weighted by Gasteiger charge is 2.18. The van der Waals surface area contributed by atoms with Crippen LogP contribution in [0, 0.1) is 0 Å². The van der Waals surface area contributed by atoms with Crippen molar-refractivity contribution < 1.29 is 4.79 Å². The van der Waals surface area contributed by atoms with Crippen molar-refractivity contribution in [2.24, 2.45) is 0 Å². The van der Waals surface area contributed by atoms with Gasteiger partial charge < -0.3 is 16.4 Å². The van der Waals surface area contributed by atoms with Gasteiger partial charge in [-0.1, -0.05) is 35.9 Å². The molecule has 3 aromatic heterocycles. The van der Waals surface area contributed by atoms with Crippen molar-refractivity contribution in [3.8, 4) is 11.1 Å². The lowest BCUT2D eigenvalue weighted by Crippen LogP contribution is -2.19. The zero-order chi connectivity index (χ0) is 23.5. The number of thiophene rings is 1. The number of halogens is 1. The summed E-state index contributed by atoms with van der Waals surface area (Å²) in [6.45, 7) is 0. The maximum Gasteiger partial charge on any atom is 0.323 e. The van der Waals surface area contributed by atoms with E-state index in [0.717, 1.165) is 31.8 Å². The number of urea groups is 1. The number of nitrogens with zero attached hydrogens (tertiary/aromatic N) is 3. The SMILES string of the molecule is Nc1ncnc2sc(Cc3cccnc3)c(-c3ccc(NC(=O)Nc4cccc(Cl)c4)cc3)c12. The van der Waals surface area contributed by atoms with Crippen LogP contribution in [0.15, 0.2) is 79.4 Å². The van der Waals surface area contributed by atoms with E-state index in [4.69, 9.17) is 17.3 Å². The molecule has 168 valence electrons. The highest BCUT2D eigenvalue weighted by Crippen LogP contribution is 2.41. The van der Waals surface area contributed by atoms with E-state index in [1.54, 1.807) is 41.8 Å². The number of fused-ring (bicyclic) bond motifs is 1. The van der Waals surface area contributed by atoms with Gasteiger partial charge in [0.25, 0.3) is 0 Å². The predicted molar refractivity (Wildman–Crippen MR) is 138 cm³/mol. The van der Waals surface area contributed by atoms with Crippen LogP contribution in [0.4, 0.5) is 22.0 Å². The summed E-state index contributed by atoms with van der Waals surface area (Å²) in [5.41, 5.74) is 10.6. The first-order chi connectivity index (χ1) is 16.6. The Balaban J connectivity index is 1.43. The smallest absolute Gasteiger partial charge is 0.323 e. The van der Waals surface area contributed by atoms with Gasteiger partial charge in [-0.2, -0.15) is 0 Å². The first-order valence-corrected chi connectivity index (χ1v) is 11.6. The molecule has 9 heteroatoms. The Labute approximate surface area is 204 Å². The number of hydrogen-bond acceptors (Lipinski definition) is 6. The molecule has 4 N–H and O–H groups in total. The van der Waals surface area contributed by atoms with Gasteiger partial charge in [0.2, 0.25) is 0 Å². The number of pyridine rings is 1. The average Bonchev–Trinajstić information content (AvgIpc) is 3.19. The number of anilines is 3. The van der Waals surface area contributed by atoms with Crippen LogP contribution in [0.1, 0.15) is 10.4 Å². The molecule has 0 saturated heterocycles. The summed E-state index contributed by atoms with van der Waals surface area (Å²) < 4.78 is 0. The van der Waals surface area contributed by atoms with E-state index in [0.29, 0.717) is 28.6 Å². The van der Waals surface area contributed by atoms with Crippen LogP contribution in [-0.4, -0.2) is 21.0 Å². The minimum atomic E-state index is -0.356. The van der Waals surface area contributed by atoms with Crippen LogP contribution in [0.25, 0.3) is 21.3 Å². The largest absolute Gasteiger partial charge is 0.383 e. The fraction of sp³-hybridized carbons (Fsp3) is 0.0400. The van der Waals surface area contributed by atoms with E-state index >= 15 is 0 Å². The van der Waals surface area contributed by atoms with Crippen LogP contribution in [-0.2, 0) is 6.42 Å². The number of nitrogens with one attached hydrogen (secondary N) is 2. The van der Waals surface area contributed by atoms with Crippen LogP contribution >= 0.6 is 22.9 Å². The number of carbonyl (C=O) groups is 1. The number of aromatic nitrogens is 3. The second kappa shape index (κ2) is 9.46. The van der Waals surface area contributed by atoms with Crippen molar-refractivity contribution in [1.82, 2.24) is 15.0 Å². The fourth-order valence-corrected chi connectivity index (χ4v) is 5.09. The minimum Gasteiger partial charge on any atom is -0.383 e. The quantitative estimate of drug-likeness (QED) is 0.273. The molecular weight excluding hydrogens is 468 g/mol. The molecule has 0 unspecified atom stereocenters. The van der Waals surface area contributed by atoms with Gasteiger partial charge in [-0.05, 0) is 47.5 Å². The van der Waals surface area contributed by atoms with Crippen molar-refractivity contribution in [3.05, 3.63) is 94.8 Å². The number of nitrogens with two attached hydrogens (primary N) is 1. The van der Waals surface area contributed by atoms with E-state index in [1.807, 2.05) is 42.6 Å². The number of hydrogen-bond donors (Lipinski definition) is 3. The second-order valence-electron chi connectivity index (χ2n) is 7.54. The lowest BCUT2D eigenvalue weighted by Gasteiger charge is -2.10. The molecule has 0 spiro atoms. The summed E-state index contributed by atoms with van der Waals surface area (Å²) in [6, 6.07) is 18.2. The maximum atomic E-state index is 12.4. The molecule has 5 aromatic rings. The van der Waals surface area contributed by atoms with E-state index < -0.39 is 0 Å². The summed E-state index contributed by atoms with van der Waals surface area (Å²) in [5, 5.41) is 7.00. The molecule has 2 amide bonds. The highest BCUT2D eigenvalue weighted by atomic mass is 35.5. The molecule has 0 fully saturated rings. The Morgan fingerprint density at radius 2 is 1.82 bits per heavy atom. The molecule has 2 aromatic carbocycles. The zero-order valence-electron chi connectivity index (χ0n) is 17.8. The third-order valence-electron chi connectivity index (χ3n) is 5.19. The highest BCUT2D eigenvalue weighted by molar-refractivity contribution is 7.19. The number of amides is 2. The normalized spacial score (nSPS) is 10.9. The molecular formula is C25H19ClN6OS. The standard InChI is InChI=1S/C25H19ClN6OS/c26-17-4-1-5-19(12-17)32-25(33)31-18-8-6-16(7-9-18)21-20(11-15-3-2-10-28-13-15)34-24-22(21)23(27)29-14-30-24/h1-10,12-14H,11H2,(H2,27,29,30)(H2,31,32,33). The molecule has 3 heterocycles. The van der Waals surface area contributed by atoms with Crippen LogP contribution in [0.3, 0.4) is 0 Å². The Hall–Kier alpha value is -4.01. The molecule has 5 rings (SSSR count). The van der Waals surface area contributed by atoms with Crippen LogP contribution < -0.4 is 16.4 Å². The van der Waals surface area contributed by atoms with Gasteiger partial charge in [0.05, 0.1) is 5.39 Å². The summed E-state index contributed by atoms with van der Waals surface area (Å²) >= 11 is 7.57. The Morgan fingerprint density at radius 3 is 2.59 bits per heavy atom. The monoisotopic (exact) mass is 486 g/mol. The maximum absolute atomic E-state index is 12.4. The summed E-state index contributed by atoms with van der Waals surface area (Å²) in [5.74, 6) is 0.441. The second-order valence-corrected chi connectivity index (χ2v) is 9.06. The molecule has 0 bridgehead atoms. The number of nitrogen functional groups attached to an aromatic ring is 1. The Morgan fingerprint density at radius 1 is 1.00 bits per heavy atom. The van der Waals surface area contributed by atoms with Gasteiger partial charge in [-0.3, -0.25) is 4.98 Å². The minimum absolute atomic E-state index is 0.356. The molecule has 0 aliphatic rings. The van der Waals surface area contributed by atoms with Crippen molar-refractivity contribution in [2.75, 3.05) is 16.4 Å². The third-order valence-corrected chi connectivity index (χ3v) is 6.52. The van der Waals surface area contributed by atoms with Gasteiger partial charge in [0, 0.05) is 45.7 Å². The number of carbonyl (C=O) groups excluding carboxylic acids is 1. The Bertz CT molecular complexity index is 1470. The van der Waals surface area contributed by atoms with Gasteiger partial charge in [-0.25, -0.2) is 14.8 Å². The summed E-state index contributed by atoms with van der Waals surface area (Å²) in [6.07, 6.45) is 5.80. The van der Waals surface area contributed by atoms with E-state index in [9.17, 15) is 4.79 Å². The first kappa shape index (κ1) is 21.8. The van der Waals surface area contributed by atoms with E-state index in [2.05, 4.69) is 25.6 Å². The molecule has 0 radical (unpaired) electrons. The molecule has 34 heavy (non-hydrogen) atoms. The first-order valence-electron chi connectivity index (χ1n) is 10.4. The lowest BCUT2D eigenvalue weighted by atomic mass is 10.00. The van der Waals surface area contributed by atoms with Gasteiger partial charge in [-0.15, -0.1) is 11.3 Å². The third kappa shape index (κ3) is 4.68. The van der Waals surface area contributed by atoms with Crippen LogP contribution in [0.5, 0.6) is 0 Å². The number of rotatable bonds is 5. The summed E-state index contributed by atoms with van der Waals surface area (Å²) in [4.78, 5) is 27.2. The molecule has 0 aliphatic carbocycles. The average molecular weight is 487 g/mol. The van der Waals surface area contributed by atoms with Crippen molar-refractivity contribution in [2.45, 2.75) is 6.42 Å². The van der Waals surface area contributed by atoms with Crippen molar-refractivity contribution in [1.29, 1.82) is 0 Å². The van der Waals surface area contributed by atoms with Gasteiger partial charge in [0.1, 0.15) is 17.0 Å².